The Morgan fingerprint density at radius 3 is 2.60 bits per heavy atom. The Balaban J connectivity index is 2.54. The largest absolute Gasteiger partial charge is 0.478 e. The second kappa shape index (κ2) is 5.87. The molecule has 0 spiro atoms. The first-order chi connectivity index (χ1) is 9.56. The Morgan fingerprint density at radius 1 is 1.45 bits per heavy atom. The Labute approximate surface area is 115 Å². The summed E-state index contributed by atoms with van der Waals surface area (Å²) in [6.07, 6.45) is 2.71. The van der Waals surface area contributed by atoms with E-state index in [1.165, 1.54) is 18.2 Å². The predicted molar refractivity (Wildman–Crippen MR) is 72.1 cm³/mol. The molecule has 1 aliphatic carbocycles. The summed E-state index contributed by atoms with van der Waals surface area (Å²) in [4.78, 5) is 23.6. The lowest BCUT2D eigenvalue weighted by Gasteiger charge is -2.39. The van der Waals surface area contributed by atoms with Crippen LogP contribution >= 0.6 is 0 Å². The first-order valence-corrected chi connectivity index (χ1v) is 6.44. The highest BCUT2D eigenvalue weighted by atomic mass is 16.6. The van der Waals surface area contributed by atoms with E-state index in [0.717, 1.165) is 19.3 Å². The number of aliphatic hydroxyl groups excluding tert-OH is 1. The molecule has 1 aromatic rings. The Kier molecular flexibility index (Phi) is 4.19. The van der Waals surface area contributed by atoms with Gasteiger partial charge in [-0.3, -0.25) is 10.1 Å². The van der Waals surface area contributed by atoms with Crippen molar-refractivity contribution in [2.45, 2.75) is 25.3 Å². The van der Waals surface area contributed by atoms with Crippen molar-refractivity contribution in [2.75, 3.05) is 18.1 Å². The number of para-hydroxylation sites is 1. The molecule has 0 aliphatic heterocycles. The van der Waals surface area contributed by atoms with Crippen LogP contribution in [-0.4, -0.2) is 40.3 Å². The van der Waals surface area contributed by atoms with Crippen LogP contribution in [0, 0.1) is 10.1 Å². The third kappa shape index (κ3) is 2.57. The van der Waals surface area contributed by atoms with Crippen LogP contribution in [0.3, 0.4) is 0 Å². The summed E-state index contributed by atoms with van der Waals surface area (Å²) in [5.74, 6) is -1.20. The van der Waals surface area contributed by atoms with E-state index in [-0.39, 0.29) is 36.1 Å². The summed E-state index contributed by atoms with van der Waals surface area (Å²) in [7, 11) is 0. The molecule has 1 fully saturated rings. The number of carbonyl (C=O) groups is 1. The molecule has 0 amide bonds. The predicted octanol–water partition coefficient (Wildman–Crippen LogP) is 1.64. The van der Waals surface area contributed by atoms with Crippen molar-refractivity contribution in [3.8, 4) is 0 Å². The minimum absolute atomic E-state index is 0.0568. The van der Waals surface area contributed by atoms with Gasteiger partial charge in [0, 0.05) is 18.7 Å². The number of benzene rings is 1. The number of rotatable bonds is 6. The molecule has 1 saturated carbocycles. The number of nitrogens with zero attached hydrogens (tertiary/aromatic N) is 2. The minimum Gasteiger partial charge on any atom is -0.478 e. The summed E-state index contributed by atoms with van der Waals surface area (Å²) in [6, 6.07) is 4.07. The average Bonchev–Trinajstić information content (AvgIpc) is 2.35. The fraction of sp³-hybridized carbons (Fsp3) is 0.462. The van der Waals surface area contributed by atoms with Gasteiger partial charge in [-0.05, 0) is 25.3 Å². The number of anilines is 1. The molecule has 2 N–H and O–H groups in total. The molecule has 2 rings (SSSR count). The van der Waals surface area contributed by atoms with E-state index in [1.54, 1.807) is 4.90 Å². The second-order valence-corrected chi connectivity index (χ2v) is 4.74. The molecule has 7 nitrogen and oxygen atoms in total. The third-order valence-electron chi connectivity index (χ3n) is 3.59. The monoisotopic (exact) mass is 280 g/mol. The van der Waals surface area contributed by atoms with Crippen LogP contribution in [-0.2, 0) is 0 Å². The highest BCUT2D eigenvalue weighted by molar-refractivity contribution is 5.97. The molecule has 7 heteroatoms. The summed E-state index contributed by atoms with van der Waals surface area (Å²) in [5, 5.41) is 29.6. The lowest BCUT2D eigenvalue weighted by molar-refractivity contribution is -0.384. The summed E-state index contributed by atoms with van der Waals surface area (Å²) in [6.45, 7) is 0.0113. The van der Waals surface area contributed by atoms with E-state index in [1.807, 2.05) is 0 Å². The number of hydrogen-bond donors (Lipinski definition) is 2. The van der Waals surface area contributed by atoms with Gasteiger partial charge in [0.15, 0.2) is 0 Å². The number of aliphatic hydroxyl groups is 1. The molecule has 108 valence electrons. The number of aromatic carboxylic acids is 1. The van der Waals surface area contributed by atoms with Gasteiger partial charge in [-0.15, -0.1) is 0 Å². The molecule has 1 aliphatic rings. The number of hydrogen-bond acceptors (Lipinski definition) is 5. The fourth-order valence-corrected chi connectivity index (χ4v) is 2.44. The van der Waals surface area contributed by atoms with Gasteiger partial charge in [-0.25, -0.2) is 4.79 Å². The van der Waals surface area contributed by atoms with Gasteiger partial charge in [0.05, 0.1) is 17.1 Å². The molecule has 0 saturated heterocycles. The van der Waals surface area contributed by atoms with Crippen LogP contribution in [0.4, 0.5) is 11.4 Å². The molecule has 0 radical (unpaired) electrons. The number of nitro benzene ring substituents is 1. The maximum Gasteiger partial charge on any atom is 0.338 e. The highest BCUT2D eigenvalue weighted by Gasteiger charge is 2.32. The lowest BCUT2D eigenvalue weighted by Crippen LogP contribution is -2.43. The Morgan fingerprint density at radius 2 is 2.15 bits per heavy atom. The van der Waals surface area contributed by atoms with Crippen LogP contribution in [0.15, 0.2) is 18.2 Å². The van der Waals surface area contributed by atoms with Crippen molar-refractivity contribution < 1.29 is 19.9 Å². The smallest absolute Gasteiger partial charge is 0.338 e. The van der Waals surface area contributed by atoms with Gasteiger partial charge in [0.2, 0.25) is 0 Å². The lowest BCUT2D eigenvalue weighted by atomic mass is 9.90. The van der Waals surface area contributed by atoms with Crippen LogP contribution in [0.1, 0.15) is 29.6 Å². The van der Waals surface area contributed by atoms with Crippen LogP contribution in [0.2, 0.25) is 0 Å². The molecule has 0 atom stereocenters. The number of carboxylic acids is 1. The Hall–Kier alpha value is -2.15. The van der Waals surface area contributed by atoms with Gasteiger partial charge in [0.25, 0.3) is 5.69 Å². The average molecular weight is 280 g/mol. The quantitative estimate of drug-likeness (QED) is 0.606. The van der Waals surface area contributed by atoms with E-state index in [2.05, 4.69) is 0 Å². The molecule has 1 aromatic carbocycles. The van der Waals surface area contributed by atoms with Crippen molar-refractivity contribution in [1.82, 2.24) is 0 Å². The summed E-state index contributed by atoms with van der Waals surface area (Å²) >= 11 is 0. The van der Waals surface area contributed by atoms with Crippen LogP contribution in [0.25, 0.3) is 0 Å². The van der Waals surface area contributed by atoms with E-state index in [0.29, 0.717) is 0 Å². The maximum absolute atomic E-state index is 11.3. The van der Waals surface area contributed by atoms with E-state index in [9.17, 15) is 20.0 Å². The zero-order valence-corrected chi connectivity index (χ0v) is 10.9. The Bertz CT molecular complexity index is 495. The van der Waals surface area contributed by atoms with Crippen molar-refractivity contribution in [2.24, 2.45) is 0 Å². The zero-order valence-electron chi connectivity index (χ0n) is 10.9. The van der Waals surface area contributed by atoms with Crippen molar-refractivity contribution in [3.05, 3.63) is 33.9 Å². The first kappa shape index (κ1) is 14.3. The van der Waals surface area contributed by atoms with E-state index >= 15 is 0 Å². The normalized spacial score (nSPS) is 14.7. The van der Waals surface area contributed by atoms with Gasteiger partial charge in [-0.2, -0.15) is 0 Å². The summed E-state index contributed by atoms with van der Waals surface area (Å²) in [5.41, 5.74) is -0.228. The van der Waals surface area contributed by atoms with E-state index in [4.69, 9.17) is 5.11 Å². The SMILES string of the molecule is O=C(O)c1cccc([N+](=O)[O-])c1N(CCO)C1CCC1. The summed E-state index contributed by atoms with van der Waals surface area (Å²) < 4.78 is 0. The van der Waals surface area contributed by atoms with Gasteiger partial charge in [0.1, 0.15) is 5.69 Å². The highest BCUT2D eigenvalue weighted by Crippen LogP contribution is 2.37. The van der Waals surface area contributed by atoms with Crippen molar-refractivity contribution in [1.29, 1.82) is 0 Å². The molecule has 0 unspecified atom stereocenters. The molecule has 0 aromatic heterocycles. The maximum atomic E-state index is 11.3. The zero-order chi connectivity index (χ0) is 14.7. The van der Waals surface area contributed by atoms with Gasteiger partial charge >= 0.3 is 5.97 Å². The molecule has 0 bridgehead atoms. The van der Waals surface area contributed by atoms with Gasteiger partial charge in [-0.1, -0.05) is 6.07 Å². The van der Waals surface area contributed by atoms with Crippen molar-refractivity contribution in [3.63, 3.8) is 0 Å². The van der Waals surface area contributed by atoms with Crippen LogP contribution in [0.5, 0.6) is 0 Å². The van der Waals surface area contributed by atoms with E-state index < -0.39 is 10.9 Å². The second-order valence-electron chi connectivity index (χ2n) is 4.74. The molecule has 20 heavy (non-hydrogen) atoms. The molecular weight excluding hydrogens is 264 g/mol. The van der Waals surface area contributed by atoms with Crippen LogP contribution < -0.4 is 4.90 Å². The minimum atomic E-state index is -1.20. The number of carboxylic acid groups (broad SMARTS) is 1. The van der Waals surface area contributed by atoms with Crippen molar-refractivity contribution >= 4 is 17.3 Å². The standard InChI is InChI=1S/C13H16N2O5/c16-8-7-14(9-3-1-4-9)12-10(13(17)18)5-2-6-11(12)15(19)20/h2,5-6,9,16H,1,3-4,7-8H2,(H,17,18). The first-order valence-electron chi connectivity index (χ1n) is 6.44. The fourth-order valence-electron chi connectivity index (χ4n) is 2.44. The molecule has 0 heterocycles. The third-order valence-corrected chi connectivity index (χ3v) is 3.59. The topological polar surface area (TPSA) is 104 Å². The molecular formula is C13H16N2O5. The number of nitro groups is 1. The van der Waals surface area contributed by atoms with Gasteiger partial charge < -0.3 is 15.1 Å².